The number of rotatable bonds is 8. The second-order valence-corrected chi connectivity index (χ2v) is 8.93. The van der Waals surface area contributed by atoms with Gasteiger partial charge in [0.05, 0.1) is 25.3 Å². The summed E-state index contributed by atoms with van der Waals surface area (Å²) in [6.07, 6.45) is -4.26. The molecule has 3 aromatic rings. The van der Waals surface area contributed by atoms with Gasteiger partial charge in [-0.3, -0.25) is 9.35 Å². The third-order valence-electron chi connectivity index (χ3n) is 5.01. The first kappa shape index (κ1) is 25.9. The minimum Gasteiger partial charge on any atom is -0.497 e. The van der Waals surface area contributed by atoms with Crippen molar-refractivity contribution in [3.63, 3.8) is 0 Å². The van der Waals surface area contributed by atoms with E-state index in [1.165, 1.54) is 31.4 Å². The Morgan fingerprint density at radius 3 is 2.40 bits per heavy atom. The van der Waals surface area contributed by atoms with Gasteiger partial charge in [0.15, 0.2) is 0 Å². The molecule has 11 heteroatoms. The van der Waals surface area contributed by atoms with E-state index >= 15 is 0 Å². The summed E-state index contributed by atoms with van der Waals surface area (Å²) >= 11 is 0. The van der Waals surface area contributed by atoms with Crippen molar-refractivity contribution in [3.05, 3.63) is 101 Å². The summed E-state index contributed by atoms with van der Waals surface area (Å²) in [5.74, 6) is -0.0883. The molecule has 0 fully saturated rings. The first-order valence-corrected chi connectivity index (χ1v) is 11.7. The largest absolute Gasteiger partial charge is 0.497 e. The van der Waals surface area contributed by atoms with Crippen LogP contribution in [0.2, 0.25) is 0 Å². The first-order valence-electron chi connectivity index (χ1n) is 10.2. The lowest BCUT2D eigenvalue weighted by molar-refractivity contribution is -0.137. The third kappa shape index (κ3) is 6.67. The standard InChI is InChI=1S/C24H21F3N2O5S/c1-34-18-10-5-7-16(13-18)14-22(30)29-28-15-20-19(11-6-12-21(20)24(25,26)27)23(35(31,32)33)17-8-3-2-4-9-17/h2-13,15,23H,14H2,1H3,(H,29,30)(H,31,32,33)/b28-15+. The molecule has 7 nitrogen and oxygen atoms in total. The first-order chi connectivity index (χ1) is 16.5. The fourth-order valence-electron chi connectivity index (χ4n) is 3.52. The highest BCUT2D eigenvalue weighted by Gasteiger charge is 2.37. The van der Waals surface area contributed by atoms with Crippen molar-refractivity contribution in [3.8, 4) is 5.75 Å². The highest BCUT2D eigenvalue weighted by molar-refractivity contribution is 7.86. The van der Waals surface area contributed by atoms with Gasteiger partial charge in [-0.25, -0.2) is 5.43 Å². The van der Waals surface area contributed by atoms with E-state index in [2.05, 4.69) is 10.5 Å². The van der Waals surface area contributed by atoms with Crippen LogP contribution in [-0.2, 0) is 27.5 Å². The fraction of sp³-hybridized carbons (Fsp3) is 0.167. The van der Waals surface area contributed by atoms with Crippen LogP contribution in [-0.4, -0.2) is 32.2 Å². The number of nitrogens with zero attached hydrogens (tertiary/aromatic N) is 1. The van der Waals surface area contributed by atoms with Gasteiger partial charge in [0.1, 0.15) is 11.0 Å². The molecular formula is C24H21F3N2O5S. The average molecular weight is 507 g/mol. The maximum atomic E-state index is 13.8. The van der Waals surface area contributed by atoms with E-state index < -0.39 is 38.6 Å². The molecule has 184 valence electrons. The lowest BCUT2D eigenvalue weighted by Gasteiger charge is -2.20. The lowest BCUT2D eigenvalue weighted by Crippen LogP contribution is -2.22. The summed E-state index contributed by atoms with van der Waals surface area (Å²) in [5, 5.41) is 1.84. The van der Waals surface area contributed by atoms with Crippen LogP contribution in [0.5, 0.6) is 5.75 Å². The van der Waals surface area contributed by atoms with E-state index in [4.69, 9.17) is 4.74 Å². The minimum atomic E-state index is -4.87. The Labute approximate surface area is 200 Å². The molecule has 0 aliphatic rings. The van der Waals surface area contributed by atoms with Crippen LogP contribution in [0.25, 0.3) is 0 Å². The second-order valence-electron chi connectivity index (χ2n) is 7.43. The molecule has 3 aromatic carbocycles. The maximum absolute atomic E-state index is 13.8. The molecule has 0 aliphatic carbocycles. The summed E-state index contributed by atoms with van der Waals surface area (Å²) in [6.45, 7) is 0. The normalized spacial score (nSPS) is 12.9. The topological polar surface area (TPSA) is 105 Å². The van der Waals surface area contributed by atoms with Crippen molar-refractivity contribution in [2.45, 2.75) is 17.8 Å². The Kier molecular flexibility index (Phi) is 7.92. The van der Waals surface area contributed by atoms with Crippen LogP contribution in [0, 0.1) is 0 Å². The van der Waals surface area contributed by atoms with E-state index in [1.807, 2.05) is 0 Å². The average Bonchev–Trinajstić information content (AvgIpc) is 2.79. The van der Waals surface area contributed by atoms with Gasteiger partial charge in [0.2, 0.25) is 5.91 Å². The van der Waals surface area contributed by atoms with Crippen LogP contribution in [0.15, 0.2) is 77.9 Å². The summed E-state index contributed by atoms with van der Waals surface area (Å²) in [4.78, 5) is 12.3. The maximum Gasteiger partial charge on any atom is 0.417 e. The molecule has 0 radical (unpaired) electrons. The number of carbonyl (C=O) groups excluding carboxylic acids is 1. The van der Waals surface area contributed by atoms with Crippen LogP contribution in [0.4, 0.5) is 13.2 Å². The molecule has 0 saturated carbocycles. The van der Waals surface area contributed by atoms with Crippen molar-refractivity contribution in [2.75, 3.05) is 7.11 Å². The molecule has 1 amide bonds. The van der Waals surface area contributed by atoms with E-state index in [-0.39, 0.29) is 17.5 Å². The summed E-state index contributed by atoms with van der Waals surface area (Å²) in [6, 6.07) is 16.9. The summed E-state index contributed by atoms with van der Waals surface area (Å²) in [5.41, 5.74) is 0.672. The zero-order valence-electron chi connectivity index (χ0n) is 18.4. The molecule has 2 N–H and O–H groups in total. The van der Waals surface area contributed by atoms with Gasteiger partial charge < -0.3 is 4.74 Å². The zero-order chi connectivity index (χ0) is 25.6. The van der Waals surface area contributed by atoms with Crippen molar-refractivity contribution in [1.82, 2.24) is 5.43 Å². The van der Waals surface area contributed by atoms with Crippen LogP contribution >= 0.6 is 0 Å². The summed E-state index contributed by atoms with van der Waals surface area (Å²) < 4.78 is 80.7. The molecule has 1 atom stereocenters. The highest BCUT2D eigenvalue weighted by atomic mass is 32.2. The highest BCUT2D eigenvalue weighted by Crippen LogP contribution is 2.38. The zero-order valence-corrected chi connectivity index (χ0v) is 19.2. The predicted molar refractivity (Wildman–Crippen MR) is 124 cm³/mol. The molecule has 1 unspecified atom stereocenters. The lowest BCUT2D eigenvalue weighted by atomic mass is 9.95. The van der Waals surface area contributed by atoms with Gasteiger partial charge in [-0.2, -0.15) is 26.7 Å². The quantitative estimate of drug-likeness (QED) is 0.268. The van der Waals surface area contributed by atoms with E-state index in [9.17, 15) is 30.9 Å². The smallest absolute Gasteiger partial charge is 0.417 e. The second kappa shape index (κ2) is 10.7. The molecular weight excluding hydrogens is 485 g/mol. The van der Waals surface area contributed by atoms with Gasteiger partial charge in [0.25, 0.3) is 10.1 Å². The van der Waals surface area contributed by atoms with Crippen LogP contribution in [0.3, 0.4) is 0 Å². The Balaban J connectivity index is 1.98. The number of carbonyl (C=O) groups is 1. The van der Waals surface area contributed by atoms with Crippen molar-refractivity contribution in [2.24, 2.45) is 5.10 Å². The van der Waals surface area contributed by atoms with Crippen LogP contribution < -0.4 is 10.2 Å². The summed E-state index contributed by atoms with van der Waals surface area (Å²) in [7, 11) is -3.41. The Hall–Kier alpha value is -3.70. The van der Waals surface area contributed by atoms with Crippen molar-refractivity contribution < 1.29 is 35.7 Å². The Bertz CT molecular complexity index is 1330. The van der Waals surface area contributed by atoms with E-state index in [0.29, 0.717) is 11.3 Å². The molecule has 0 aliphatic heterocycles. The van der Waals surface area contributed by atoms with Crippen LogP contribution in [0.1, 0.15) is 33.1 Å². The van der Waals surface area contributed by atoms with Crippen molar-refractivity contribution in [1.29, 1.82) is 0 Å². The monoisotopic (exact) mass is 506 g/mol. The number of ether oxygens (including phenoxy) is 1. The molecule has 0 saturated heterocycles. The predicted octanol–water partition coefficient (Wildman–Crippen LogP) is 4.38. The number of nitrogens with one attached hydrogen (secondary N) is 1. The molecule has 0 bridgehead atoms. The molecule has 3 rings (SSSR count). The van der Waals surface area contributed by atoms with E-state index in [1.54, 1.807) is 30.3 Å². The number of hydrogen-bond donors (Lipinski definition) is 2. The Morgan fingerprint density at radius 2 is 1.77 bits per heavy atom. The number of hydrogen-bond acceptors (Lipinski definition) is 5. The number of amides is 1. The number of hydrazone groups is 1. The minimum absolute atomic E-state index is 0.0611. The molecule has 0 spiro atoms. The van der Waals surface area contributed by atoms with Gasteiger partial charge in [-0.1, -0.05) is 54.6 Å². The number of benzene rings is 3. The van der Waals surface area contributed by atoms with E-state index in [0.717, 1.165) is 24.4 Å². The third-order valence-corrected chi connectivity index (χ3v) is 6.13. The number of alkyl halides is 3. The van der Waals surface area contributed by atoms with Gasteiger partial charge in [-0.15, -0.1) is 0 Å². The molecule has 35 heavy (non-hydrogen) atoms. The SMILES string of the molecule is COc1cccc(CC(=O)N/N=C/c2c(C(c3ccccc3)S(=O)(=O)O)cccc2C(F)(F)F)c1. The molecule has 0 heterocycles. The molecule has 0 aromatic heterocycles. The van der Waals surface area contributed by atoms with Crippen molar-refractivity contribution >= 4 is 22.2 Å². The number of methoxy groups -OCH3 is 1. The Morgan fingerprint density at radius 1 is 1.09 bits per heavy atom. The van der Waals surface area contributed by atoms with Gasteiger partial charge in [0, 0.05) is 5.56 Å². The van der Waals surface area contributed by atoms with Gasteiger partial charge in [-0.05, 0) is 34.9 Å². The van der Waals surface area contributed by atoms with Gasteiger partial charge >= 0.3 is 6.18 Å². The fourth-order valence-corrected chi connectivity index (χ4v) is 4.55. The number of halogens is 3.